The molecule has 0 spiro atoms. The zero-order valence-corrected chi connectivity index (χ0v) is 10.3. The van der Waals surface area contributed by atoms with Crippen LogP contribution in [0.25, 0.3) is 0 Å². The Morgan fingerprint density at radius 2 is 1.75 bits per heavy atom. The molecule has 0 aliphatic heterocycles. The molecule has 0 aliphatic rings. The molecule has 1 aromatic rings. The fourth-order valence-electron chi connectivity index (χ4n) is 1.02. The fraction of sp³-hybridized carbons (Fsp3) is 0.333. The summed E-state index contributed by atoms with van der Waals surface area (Å²) < 4.78 is 51.0. The van der Waals surface area contributed by atoms with E-state index in [-0.39, 0.29) is 15.2 Å². The standard InChI is InChI=1S/C9H7BrClF4N/c1-8(12,9(13,14)15)4-2-5(10)7(16)6(11)3-4/h2-3H,16H2,1H3. The van der Waals surface area contributed by atoms with Crippen LogP contribution in [0, 0.1) is 0 Å². The van der Waals surface area contributed by atoms with Crippen molar-refractivity contribution in [2.24, 2.45) is 0 Å². The van der Waals surface area contributed by atoms with E-state index >= 15 is 0 Å². The van der Waals surface area contributed by atoms with Crippen molar-refractivity contribution in [3.05, 3.63) is 27.2 Å². The number of alkyl halides is 4. The molecule has 1 atom stereocenters. The van der Waals surface area contributed by atoms with Gasteiger partial charge in [0.25, 0.3) is 0 Å². The van der Waals surface area contributed by atoms with Crippen molar-refractivity contribution in [2.75, 3.05) is 5.73 Å². The molecule has 0 saturated heterocycles. The van der Waals surface area contributed by atoms with Crippen molar-refractivity contribution in [1.29, 1.82) is 0 Å². The summed E-state index contributed by atoms with van der Waals surface area (Å²) in [6.45, 7) is 0.432. The zero-order chi connectivity index (χ0) is 12.7. The van der Waals surface area contributed by atoms with Crippen LogP contribution in [0.4, 0.5) is 23.2 Å². The summed E-state index contributed by atoms with van der Waals surface area (Å²) in [7, 11) is 0. The average molecular weight is 321 g/mol. The van der Waals surface area contributed by atoms with Crippen LogP contribution in [-0.2, 0) is 5.67 Å². The SMILES string of the molecule is CC(F)(c1cc(Cl)c(N)c(Br)c1)C(F)(F)F. The second-order valence-corrected chi connectivity index (χ2v) is 4.62. The van der Waals surface area contributed by atoms with Crippen LogP contribution in [0.1, 0.15) is 12.5 Å². The second-order valence-electron chi connectivity index (χ2n) is 3.35. The van der Waals surface area contributed by atoms with Crippen molar-refractivity contribution >= 4 is 33.2 Å². The third-order valence-electron chi connectivity index (χ3n) is 2.15. The summed E-state index contributed by atoms with van der Waals surface area (Å²) in [5.74, 6) is 0. The van der Waals surface area contributed by atoms with Gasteiger partial charge in [-0.25, -0.2) is 4.39 Å². The predicted octanol–water partition coefficient (Wildman–Crippen LogP) is 4.43. The van der Waals surface area contributed by atoms with E-state index in [1.54, 1.807) is 0 Å². The van der Waals surface area contributed by atoms with E-state index in [0.717, 1.165) is 12.1 Å². The van der Waals surface area contributed by atoms with Gasteiger partial charge < -0.3 is 5.73 Å². The molecular formula is C9H7BrClF4N. The summed E-state index contributed by atoms with van der Waals surface area (Å²) in [5, 5.41) is -0.127. The van der Waals surface area contributed by atoms with Gasteiger partial charge in [-0.15, -0.1) is 0 Å². The van der Waals surface area contributed by atoms with E-state index in [4.69, 9.17) is 17.3 Å². The maximum Gasteiger partial charge on any atom is 0.426 e. The van der Waals surface area contributed by atoms with Gasteiger partial charge in [0.2, 0.25) is 5.67 Å². The number of hydrogen-bond donors (Lipinski definition) is 1. The molecule has 1 rings (SSSR count). The molecule has 0 aromatic heterocycles. The van der Waals surface area contributed by atoms with Crippen LogP contribution >= 0.6 is 27.5 Å². The smallest absolute Gasteiger partial charge is 0.397 e. The Balaban J connectivity index is 3.35. The number of rotatable bonds is 1. The molecule has 1 unspecified atom stereocenters. The molecule has 0 bridgehead atoms. The van der Waals surface area contributed by atoms with E-state index in [2.05, 4.69) is 15.9 Å². The van der Waals surface area contributed by atoms with Crippen molar-refractivity contribution in [3.8, 4) is 0 Å². The quantitative estimate of drug-likeness (QED) is 0.601. The first-order valence-electron chi connectivity index (χ1n) is 4.08. The first kappa shape index (κ1) is 13.6. The topological polar surface area (TPSA) is 26.0 Å². The van der Waals surface area contributed by atoms with Crippen molar-refractivity contribution in [1.82, 2.24) is 0 Å². The molecule has 7 heteroatoms. The lowest BCUT2D eigenvalue weighted by Crippen LogP contribution is -2.35. The Kier molecular flexibility index (Phi) is 3.45. The number of hydrogen-bond acceptors (Lipinski definition) is 1. The lowest BCUT2D eigenvalue weighted by atomic mass is 9.97. The van der Waals surface area contributed by atoms with E-state index in [0.29, 0.717) is 6.92 Å². The molecule has 0 saturated carbocycles. The van der Waals surface area contributed by atoms with Crippen LogP contribution in [0.3, 0.4) is 0 Å². The number of benzene rings is 1. The monoisotopic (exact) mass is 319 g/mol. The normalized spacial score (nSPS) is 15.9. The lowest BCUT2D eigenvalue weighted by Gasteiger charge is -2.24. The number of halogens is 6. The van der Waals surface area contributed by atoms with Crippen LogP contribution in [0.5, 0.6) is 0 Å². The van der Waals surface area contributed by atoms with Gasteiger partial charge >= 0.3 is 6.18 Å². The minimum Gasteiger partial charge on any atom is -0.397 e. The van der Waals surface area contributed by atoms with Gasteiger partial charge in [-0.1, -0.05) is 11.6 Å². The highest BCUT2D eigenvalue weighted by atomic mass is 79.9. The van der Waals surface area contributed by atoms with Gasteiger partial charge in [-0.3, -0.25) is 0 Å². The molecule has 16 heavy (non-hydrogen) atoms. The number of nitrogen functional groups attached to an aromatic ring is 1. The van der Waals surface area contributed by atoms with Crippen molar-refractivity contribution in [2.45, 2.75) is 18.8 Å². The largest absolute Gasteiger partial charge is 0.426 e. The molecule has 2 N–H and O–H groups in total. The summed E-state index contributed by atoms with van der Waals surface area (Å²) >= 11 is 8.50. The van der Waals surface area contributed by atoms with Crippen molar-refractivity contribution < 1.29 is 17.6 Å². The molecule has 0 aliphatic carbocycles. The van der Waals surface area contributed by atoms with Crippen LogP contribution in [0.15, 0.2) is 16.6 Å². The number of nitrogens with two attached hydrogens (primary N) is 1. The first-order valence-corrected chi connectivity index (χ1v) is 5.25. The van der Waals surface area contributed by atoms with Gasteiger partial charge in [-0.05, 0) is 35.0 Å². The van der Waals surface area contributed by atoms with Gasteiger partial charge in [0.1, 0.15) is 0 Å². The third kappa shape index (κ3) is 2.27. The summed E-state index contributed by atoms with van der Waals surface area (Å²) in [4.78, 5) is 0. The molecule has 0 amide bonds. The van der Waals surface area contributed by atoms with E-state index in [9.17, 15) is 17.6 Å². The van der Waals surface area contributed by atoms with Crippen LogP contribution in [0.2, 0.25) is 5.02 Å². The Hall–Kier alpha value is -0.490. The second kappa shape index (κ2) is 4.07. The molecule has 0 fully saturated rings. The lowest BCUT2D eigenvalue weighted by molar-refractivity contribution is -0.228. The minimum absolute atomic E-state index is 0.0726. The zero-order valence-electron chi connectivity index (χ0n) is 8.00. The van der Waals surface area contributed by atoms with Gasteiger partial charge in [0.15, 0.2) is 0 Å². The molecule has 1 nitrogen and oxygen atoms in total. The van der Waals surface area contributed by atoms with E-state index < -0.39 is 17.4 Å². The van der Waals surface area contributed by atoms with E-state index in [1.807, 2.05) is 0 Å². The Morgan fingerprint density at radius 3 is 2.12 bits per heavy atom. The molecule has 0 radical (unpaired) electrons. The van der Waals surface area contributed by atoms with Crippen LogP contribution in [-0.4, -0.2) is 6.18 Å². The maximum absolute atomic E-state index is 13.6. The van der Waals surface area contributed by atoms with Gasteiger partial charge in [-0.2, -0.15) is 13.2 Å². The molecule has 1 aromatic carbocycles. The summed E-state index contributed by atoms with van der Waals surface area (Å²) in [6, 6.07) is 1.84. The molecule has 0 heterocycles. The summed E-state index contributed by atoms with van der Waals surface area (Å²) in [6.07, 6.45) is -5.01. The van der Waals surface area contributed by atoms with Crippen molar-refractivity contribution in [3.63, 3.8) is 0 Å². The maximum atomic E-state index is 13.6. The van der Waals surface area contributed by atoms with Gasteiger partial charge in [0, 0.05) is 10.0 Å². The average Bonchev–Trinajstić information content (AvgIpc) is 2.11. The Morgan fingerprint density at radius 1 is 1.25 bits per heavy atom. The third-order valence-corrected chi connectivity index (χ3v) is 3.12. The van der Waals surface area contributed by atoms with Crippen LogP contribution < -0.4 is 5.73 Å². The predicted molar refractivity (Wildman–Crippen MR) is 58.1 cm³/mol. The first-order chi connectivity index (χ1) is 7.07. The molecule has 90 valence electrons. The molecular weight excluding hydrogens is 313 g/mol. The Labute approximate surface area is 103 Å². The highest BCUT2D eigenvalue weighted by molar-refractivity contribution is 9.10. The van der Waals surface area contributed by atoms with Gasteiger partial charge in [0.05, 0.1) is 10.7 Å². The Bertz CT molecular complexity index is 393. The highest BCUT2D eigenvalue weighted by Crippen LogP contribution is 2.44. The van der Waals surface area contributed by atoms with E-state index in [1.165, 1.54) is 0 Å². The fourth-order valence-corrected chi connectivity index (χ4v) is 1.81. The summed E-state index contributed by atoms with van der Waals surface area (Å²) in [5.41, 5.74) is 1.44. The highest BCUT2D eigenvalue weighted by Gasteiger charge is 2.53. The minimum atomic E-state index is -5.01. The number of anilines is 1.